The van der Waals surface area contributed by atoms with Crippen LogP contribution in [-0.4, -0.2) is 30.4 Å². The van der Waals surface area contributed by atoms with Crippen LogP contribution in [0, 0.1) is 5.92 Å². The summed E-state index contributed by atoms with van der Waals surface area (Å²) in [5, 5.41) is 9.63. The lowest BCUT2D eigenvalue weighted by atomic mass is 9.87. The highest BCUT2D eigenvalue weighted by molar-refractivity contribution is 6.30. The number of carbonyl (C=O) groups is 1. The van der Waals surface area contributed by atoms with E-state index in [1.807, 2.05) is 12.1 Å². The van der Waals surface area contributed by atoms with Gasteiger partial charge in [-0.05, 0) is 49.9 Å². The van der Waals surface area contributed by atoms with Gasteiger partial charge in [0.05, 0.1) is 25.2 Å². The molecule has 1 N–H and O–H groups in total. The number of rotatable bonds is 7. The highest BCUT2D eigenvalue weighted by Gasteiger charge is 2.25. The molecule has 0 saturated heterocycles. The molecule has 1 fully saturated rings. The lowest BCUT2D eigenvalue weighted by Gasteiger charge is -2.26. The van der Waals surface area contributed by atoms with Crippen molar-refractivity contribution >= 4 is 17.6 Å². The third kappa shape index (κ3) is 5.56. The molecule has 2 rings (SSSR count). The van der Waals surface area contributed by atoms with E-state index in [0.717, 1.165) is 37.9 Å². The van der Waals surface area contributed by atoms with Crippen LogP contribution in [-0.2, 0) is 9.53 Å². The van der Waals surface area contributed by atoms with E-state index in [4.69, 9.17) is 26.2 Å². The second-order valence-electron chi connectivity index (χ2n) is 5.34. The average molecular weight is 313 g/mol. The van der Waals surface area contributed by atoms with Crippen LogP contribution in [0.15, 0.2) is 24.3 Å². The molecule has 0 atom stereocenters. The predicted octanol–water partition coefficient (Wildman–Crippen LogP) is 3.77. The van der Waals surface area contributed by atoms with Crippen molar-refractivity contribution in [1.29, 1.82) is 0 Å². The zero-order valence-corrected chi connectivity index (χ0v) is 12.7. The summed E-state index contributed by atoms with van der Waals surface area (Å²) in [4.78, 5) is 10.9. The van der Waals surface area contributed by atoms with E-state index in [1.54, 1.807) is 12.1 Å². The van der Waals surface area contributed by atoms with Gasteiger partial charge < -0.3 is 14.6 Å². The standard InChI is InChI=1S/C16H21ClO4/c17-13-4-8-15(9-5-13)21-11-1-10-20-14-6-2-12(3-7-14)16(18)19/h4-5,8-9,12,14H,1-3,6-7,10-11H2,(H,18,19). The molecule has 0 radical (unpaired) electrons. The third-order valence-electron chi connectivity index (χ3n) is 3.75. The second-order valence-corrected chi connectivity index (χ2v) is 5.78. The molecule has 0 amide bonds. The minimum atomic E-state index is -0.676. The fourth-order valence-corrected chi connectivity index (χ4v) is 2.63. The van der Waals surface area contributed by atoms with Gasteiger partial charge in [-0.3, -0.25) is 4.79 Å². The minimum absolute atomic E-state index is 0.182. The summed E-state index contributed by atoms with van der Waals surface area (Å²) >= 11 is 5.80. The number of carboxylic acid groups (broad SMARTS) is 1. The van der Waals surface area contributed by atoms with Crippen molar-refractivity contribution in [3.63, 3.8) is 0 Å². The van der Waals surface area contributed by atoms with Crippen LogP contribution >= 0.6 is 11.6 Å². The summed E-state index contributed by atoms with van der Waals surface area (Å²) in [6.07, 6.45) is 4.16. The molecule has 0 aliphatic heterocycles. The van der Waals surface area contributed by atoms with Crippen molar-refractivity contribution in [2.45, 2.75) is 38.2 Å². The van der Waals surface area contributed by atoms with E-state index in [1.165, 1.54) is 0 Å². The number of ether oxygens (including phenoxy) is 2. The SMILES string of the molecule is O=C(O)C1CCC(OCCCOc2ccc(Cl)cc2)CC1. The van der Waals surface area contributed by atoms with Crippen molar-refractivity contribution in [3.8, 4) is 5.75 Å². The number of carboxylic acids is 1. The first-order valence-corrected chi connectivity index (χ1v) is 7.75. The molecule has 1 aromatic rings. The van der Waals surface area contributed by atoms with Crippen LogP contribution in [0.25, 0.3) is 0 Å². The van der Waals surface area contributed by atoms with E-state index in [9.17, 15) is 4.79 Å². The van der Waals surface area contributed by atoms with Gasteiger partial charge in [0.1, 0.15) is 5.75 Å². The lowest BCUT2D eigenvalue weighted by Crippen LogP contribution is -2.26. The van der Waals surface area contributed by atoms with Crippen molar-refractivity contribution in [2.24, 2.45) is 5.92 Å². The van der Waals surface area contributed by atoms with Gasteiger partial charge >= 0.3 is 5.97 Å². The summed E-state index contributed by atoms with van der Waals surface area (Å²) in [5.41, 5.74) is 0. The molecule has 4 nitrogen and oxygen atoms in total. The predicted molar refractivity (Wildman–Crippen MR) is 80.9 cm³/mol. The number of aliphatic carboxylic acids is 1. The fraction of sp³-hybridized carbons (Fsp3) is 0.562. The van der Waals surface area contributed by atoms with Gasteiger partial charge in [0.15, 0.2) is 0 Å². The molecule has 1 saturated carbocycles. The van der Waals surface area contributed by atoms with E-state index in [-0.39, 0.29) is 12.0 Å². The van der Waals surface area contributed by atoms with Crippen LogP contribution in [0.4, 0.5) is 0 Å². The van der Waals surface area contributed by atoms with Gasteiger partial charge in [-0.2, -0.15) is 0 Å². The minimum Gasteiger partial charge on any atom is -0.494 e. The van der Waals surface area contributed by atoms with Crippen LogP contribution in [0.3, 0.4) is 0 Å². The number of hydrogen-bond donors (Lipinski definition) is 1. The highest BCUT2D eigenvalue weighted by atomic mass is 35.5. The maximum Gasteiger partial charge on any atom is 0.306 e. The molecule has 0 aromatic heterocycles. The van der Waals surface area contributed by atoms with Crippen molar-refractivity contribution in [2.75, 3.05) is 13.2 Å². The van der Waals surface area contributed by atoms with E-state index in [0.29, 0.717) is 18.2 Å². The number of hydrogen-bond acceptors (Lipinski definition) is 3. The molecule has 1 aromatic carbocycles. The Morgan fingerprint density at radius 1 is 1.14 bits per heavy atom. The molecule has 0 spiro atoms. The van der Waals surface area contributed by atoms with Crippen LogP contribution in [0.5, 0.6) is 5.75 Å². The van der Waals surface area contributed by atoms with Gasteiger partial charge in [0.2, 0.25) is 0 Å². The Balaban J connectivity index is 1.54. The Kier molecular flexibility index (Phi) is 6.33. The first-order chi connectivity index (χ1) is 10.1. The summed E-state index contributed by atoms with van der Waals surface area (Å²) in [7, 11) is 0. The highest BCUT2D eigenvalue weighted by Crippen LogP contribution is 2.26. The lowest BCUT2D eigenvalue weighted by molar-refractivity contribution is -0.143. The van der Waals surface area contributed by atoms with Gasteiger partial charge in [-0.25, -0.2) is 0 Å². The Bertz CT molecular complexity index is 438. The normalized spacial score (nSPS) is 22.0. The molecule has 21 heavy (non-hydrogen) atoms. The second kappa shape index (κ2) is 8.25. The Labute approximate surface area is 130 Å². The van der Waals surface area contributed by atoms with Crippen molar-refractivity contribution in [3.05, 3.63) is 29.3 Å². The molecule has 0 bridgehead atoms. The summed E-state index contributed by atoms with van der Waals surface area (Å²) in [5.74, 6) is -0.0516. The van der Waals surface area contributed by atoms with Crippen LogP contribution in [0.1, 0.15) is 32.1 Å². The van der Waals surface area contributed by atoms with Gasteiger partial charge in [0.25, 0.3) is 0 Å². The van der Waals surface area contributed by atoms with E-state index < -0.39 is 5.97 Å². The van der Waals surface area contributed by atoms with Crippen molar-refractivity contribution in [1.82, 2.24) is 0 Å². The zero-order chi connectivity index (χ0) is 15.1. The topological polar surface area (TPSA) is 55.8 Å². The number of benzene rings is 1. The maximum absolute atomic E-state index is 10.9. The summed E-state index contributed by atoms with van der Waals surface area (Å²) in [6.45, 7) is 1.25. The largest absolute Gasteiger partial charge is 0.494 e. The molecule has 5 heteroatoms. The molecule has 0 heterocycles. The van der Waals surface area contributed by atoms with Crippen molar-refractivity contribution < 1.29 is 19.4 Å². The summed E-state index contributed by atoms with van der Waals surface area (Å²) in [6, 6.07) is 7.29. The van der Waals surface area contributed by atoms with Gasteiger partial charge in [0, 0.05) is 11.4 Å². The fourth-order valence-electron chi connectivity index (χ4n) is 2.51. The van der Waals surface area contributed by atoms with Crippen LogP contribution < -0.4 is 4.74 Å². The first kappa shape index (κ1) is 16.1. The quantitative estimate of drug-likeness (QED) is 0.779. The zero-order valence-electron chi connectivity index (χ0n) is 12.0. The molecular weight excluding hydrogens is 292 g/mol. The van der Waals surface area contributed by atoms with Gasteiger partial charge in [-0.1, -0.05) is 11.6 Å². The molecular formula is C16H21ClO4. The third-order valence-corrected chi connectivity index (χ3v) is 4.00. The van der Waals surface area contributed by atoms with E-state index >= 15 is 0 Å². The Morgan fingerprint density at radius 2 is 1.81 bits per heavy atom. The molecule has 1 aliphatic carbocycles. The Morgan fingerprint density at radius 3 is 2.43 bits per heavy atom. The number of halogens is 1. The molecule has 116 valence electrons. The smallest absolute Gasteiger partial charge is 0.306 e. The monoisotopic (exact) mass is 312 g/mol. The van der Waals surface area contributed by atoms with Gasteiger partial charge in [-0.15, -0.1) is 0 Å². The van der Waals surface area contributed by atoms with Crippen LogP contribution in [0.2, 0.25) is 5.02 Å². The first-order valence-electron chi connectivity index (χ1n) is 7.38. The molecule has 1 aliphatic rings. The molecule has 0 unspecified atom stereocenters. The average Bonchev–Trinajstić information content (AvgIpc) is 2.49. The van der Waals surface area contributed by atoms with E-state index in [2.05, 4.69) is 0 Å². The summed E-state index contributed by atoms with van der Waals surface area (Å²) < 4.78 is 11.4. The Hall–Kier alpha value is -1.26. The maximum atomic E-state index is 10.9.